The van der Waals surface area contributed by atoms with Crippen molar-refractivity contribution in [1.82, 2.24) is 0 Å². The zero-order valence-electron chi connectivity index (χ0n) is 9.43. The molecule has 82 valence electrons. The van der Waals surface area contributed by atoms with Gasteiger partial charge in [0.05, 0.1) is 12.0 Å². The number of rotatable bonds is 3. The Hall–Kier alpha value is -0.700. The second-order valence-electron chi connectivity index (χ2n) is 4.23. The van der Waals surface area contributed by atoms with E-state index in [0.29, 0.717) is 12.0 Å². The van der Waals surface area contributed by atoms with Gasteiger partial charge < -0.3 is 4.74 Å². The number of aliphatic imine (C=N–C) groups is 1. The standard InChI is InChI=1S/C12H17NOS/c1-8(2)10-7-14-12(13-10)9-5-4-6-11(9)15-3/h4-6,8-10H,7H2,1-3H3/t9-,10-/m1/s1. The highest BCUT2D eigenvalue weighted by Crippen LogP contribution is 2.31. The smallest absolute Gasteiger partial charge is 0.195 e. The maximum absolute atomic E-state index is 5.69. The van der Waals surface area contributed by atoms with Gasteiger partial charge in [-0.2, -0.15) is 0 Å². The maximum Gasteiger partial charge on any atom is 0.195 e. The van der Waals surface area contributed by atoms with E-state index in [2.05, 4.69) is 43.3 Å². The Bertz CT molecular complexity index is 331. The van der Waals surface area contributed by atoms with Gasteiger partial charge in [0.25, 0.3) is 0 Å². The van der Waals surface area contributed by atoms with Crippen molar-refractivity contribution in [2.75, 3.05) is 12.9 Å². The van der Waals surface area contributed by atoms with Crippen LogP contribution in [0.15, 0.2) is 28.1 Å². The first kappa shape index (κ1) is 10.8. The minimum atomic E-state index is 0.281. The third kappa shape index (κ3) is 2.12. The molecule has 2 atom stereocenters. The van der Waals surface area contributed by atoms with Crippen molar-refractivity contribution < 1.29 is 4.74 Å². The average Bonchev–Trinajstić information content (AvgIpc) is 2.85. The molecule has 0 aromatic heterocycles. The summed E-state index contributed by atoms with van der Waals surface area (Å²) in [6, 6.07) is 0.345. The zero-order chi connectivity index (χ0) is 10.8. The summed E-state index contributed by atoms with van der Waals surface area (Å²) in [4.78, 5) is 5.99. The van der Waals surface area contributed by atoms with Gasteiger partial charge in [0.1, 0.15) is 6.61 Å². The minimum Gasteiger partial charge on any atom is -0.478 e. The van der Waals surface area contributed by atoms with E-state index in [4.69, 9.17) is 4.74 Å². The molecule has 1 heterocycles. The Kier molecular flexibility index (Phi) is 3.19. The molecule has 15 heavy (non-hydrogen) atoms. The number of thioether (sulfide) groups is 1. The van der Waals surface area contributed by atoms with Gasteiger partial charge >= 0.3 is 0 Å². The van der Waals surface area contributed by atoms with E-state index in [-0.39, 0.29) is 5.92 Å². The van der Waals surface area contributed by atoms with E-state index in [0.717, 1.165) is 12.5 Å². The van der Waals surface area contributed by atoms with E-state index < -0.39 is 0 Å². The highest BCUT2D eigenvalue weighted by molar-refractivity contribution is 8.02. The van der Waals surface area contributed by atoms with Crippen LogP contribution in [-0.2, 0) is 4.74 Å². The van der Waals surface area contributed by atoms with E-state index in [9.17, 15) is 0 Å². The number of nitrogens with zero attached hydrogens (tertiary/aromatic N) is 1. The molecule has 0 bridgehead atoms. The normalized spacial score (nSPS) is 29.3. The van der Waals surface area contributed by atoms with Crippen LogP contribution in [0, 0.1) is 11.8 Å². The Morgan fingerprint density at radius 2 is 2.33 bits per heavy atom. The summed E-state index contributed by atoms with van der Waals surface area (Å²) in [5.74, 6) is 1.75. The molecular weight excluding hydrogens is 206 g/mol. The number of allylic oxidation sites excluding steroid dienone is 2. The van der Waals surface area contributed by atoms with Crippen molar-refractivity contribution in [2.24, 2.45) is 16.8 Å². The van der Waals surface area contributed by atoms with E-state index >= 15 is 0 Å². The molecular formula is C12H17NOS. The first-order valence-electron chi connectivity index (χ1n) is 5.35. The zero-order valence-corrected chi connectivity index (χ0v) is 10.3. The summed E-state index contributed by atoms with van der Waals surface area (Å²) in [5.41, 5.74) is 0. The minimum absolute atomic E-state index is 0.281. The maximum atomic E-state index is 5.69. The number of ether oxygens (including phenoxy) is 1. The van der Waals surface area contributed by atoms with Gasteiger partial charge in [0.2, 0.25) is 0 Å². The van der Waals surface area contributed by atoms with Gasteiger partial charge in [0.15, 0.2) is 5.90 Å². The predicted octanol–water partition coefficient (Wildman–Crippen LogP) is 2.87. The van der Waals surface area contributed by atoms with Crippen LogP contribution < -0.4 is 0 Å². The molecule has 0 saturated heterocycles. The van der Waals surface area contributed by atoms with Gasteiger partial charge in [0, 0.05) is 4.91 Å². The highest BCUT2D eigenvalue weighted by Gasteiger charge is 2.29. The molecule has 0 aromatic carbocycles. The van der Waals surface area contributed by atoms with Gasteiger partial charge in [-0.05, 0) is 12.2 Å². The predicted molar refractivity (Wildman–Crippen MR) is 66.2 cm³/mol. The van der Waals surface area contributed by atoms with Gasteiger partial charge in [-0.15, -0.1) is 11.8 Å². The molecule has 2 nitrogen and oxygen atoms in total. The Balaban J connectivity index is 2.10. The lowest BCUT2D eigenvalue weighted by Gasteiger charge is -2.10. The van der Waals surface area contributed by atoms with Crippen molar-refractivity contribution in [2.45, 2.75) is 19.9 Å². The Morgan fingerprint density at radius 1 is 1.53 bits per heavy atom. The van der Waals surface area contributed by atoms with Crippen LogP contribution in [0.1, 0.15) is 13.8 Å². The fourth-order valence-electron chi connectivity index (χ4n) is 1.78. The molecule has 0 aromatic rings. The van der Waals surface area contributed by atoms with Crippen LogP contribution in [0.2, 0.25) is 0 Å². The van der Waals surface area contributed by atoms with Crippen LogP contribution in [0.4, 0.5) is 0 Å². The van der Waals surface area contributed by atoms with E-state index in [1.165, 1.54) is 4.91 Å². The molecule has 0 unspecified atom stereocenters. The third-order valence-electron chi connectivity index (χ3n) is 2.84. The fraction of sp³-hybridized carbons (Fsp3) is 0.583. The summed E-state index contributed by atoms with van der Waals surface area (Å²) in [6.07, 6.45) is 8.49. The average molecular weight is 223 g/mol. The SMILES string of the molecule is CSC1=CC=C[C@H]1C1=N[C@@H](C(C)C)CO1. The largest absolute Gasteiger partial charge is 0.478 e. The van der Waals surface area contributed by atoms with E-state index in [1.807, 2.05) is 0 Å². The molecule has 0 spiro atoms. The van der Waals surface area contributed by atoms with Crippen molar-refractivity contribution in [3.63, 3.8) is 0 Å². The molecule has 1 aliphatic heterocycles. The summed E-state index contributed by atoms with van der Waals surface area (Å²) in [5, 5.41) is 0. The second kappa shape index (κ2) is 4.44. The first-order valence-corrected chi connectivity index (χ1v) is 6.57. The summed E-state index contributed by atoms with van der Waals surface area (Å²) in [7, 11) is 0. The van der Waals surface area contributed by atoms with Crippen molar-refractivity contribution in [3.05, 3.63) is 23.1 Å². The number of hydrogen-bond acceptors (Lipinski definition) is 3. The van der Waals surface area contributed by atoms with Crippen LogP contribution >= 0.6 is 11.8 Å². The summed E-state index contributed by atoms with van der Waals surface area (Å²) in [6.45, 7) is 5.13. The monoisotopic (exact) mass is 223 g/mol. The molecule has 0 radical (unpaired) electrons. The van der Waals surface area contributed by atoms with Gasteiger partial charge in [-0.3, -0.25) is 0 Å². The molecule has 1 aliphatic carbocycles. The summed E-state index contributed by atoms with van der Waals surface area (Å²) >= 11 is 1.77. The first-order chi connectivity index (χ1) is 7.22. The van der Waals surface area contributed by atoms with Crippen molar-refractivity contribution in [3.8, 4) is 0 Å². The quantitative estimate of drug-likeness (QED) is 0.733. The lowest BCUT2D eigenvalue weighted by molar-refractivity contribution is 0.284. The molecule has 0 N–H and O–H groups in total. The van der Waals surface area contributed by atoms with Crippen LogP contribution in [-0.4, -0.2) is 24.8 Å². The second-order valence-corrected chi connectivity index (χ2v) is 5.11. The molecule has 2 rings (SSSR count). The van der Waals surface area contributed by atoms with Crippen molar-refractivity contribution >= 4 is 17.7 Å². The fourth-order valence-corrected chi connectivity index (χ4v) is 2.43. The molecule has 0 saturated carbocycles. The van der Waals surface area contributed by atoms with E-state index in [1.54, 1.807) is 11.8 Å². The number of hydrogen-bond donors (Lipinski definition) is 0. The Morgan fingerprint density at radius 3 is 2.93 bits per heavy atom. The third-order valence-corrected chi connectivity index (χ3v) is 3.70. The molecule has 0 fully saturated rings. The van der Waals surface area contributed by atoms with Crippen LogP contribution in [0.25, 0.3) is 0 Å². The highest BCUT2D eigenvalue weighted by atomic mass is 32.2. The lowest BCUT2D eigenvalue weighted by Crippen LogP contribution is -2.13. The Labute approximate surface area is 95.5 Å². The van der Waals surface area contributed by atoms with Gasteiger partial charge in [-0.1, -0.05) is 32.1 Å². The molecule has 3 heteroatoms. The van der Waals surface area contributed by atoms with Crippen LogP contribution in [0.5, 0.6) is 0 Å². The molecule has 2 aliphatic rings. The lowest BCUT2D eigenvalue weighted by atomic mass is 10.1. The topological polar surface area (TPSA) is 21.6 Å². The summed E-state index contributed by atoms with van der Waals surface area (Å²) < 4.78 is 5.69. The van der Waals surface area contributed by atoms with Crippen LogP contribution in [0.3, 0.4) is 0 Å². The van der Waals surface area contributed by atoms with Crippen molar-refractivity contribution in [1.29, 1.82) is 0 Å². The van der Waals surface area contributed by atoms with Gasteiger partial charge in [-0.25, -0.2) is 4.99 Å². The molecule has 0 amide bonds.